The topological polar surface area (TPSA) is 49.3 Å². The highest BCUT2D eigenvalue weighted by Crippen LogP contribution is 2.63. The van der Waals surface area contributed by atoms with Crippen LogP contribution in [-0.2, 0) is 0 Å². The van der Waals surface area contributed by atoms with Crippen LogP contribution in [0.1, 0.15) is 52.7 Å². The van der Waals surface area contributed by atoms with E-state index in [1.807, 2.05) is 18.2 Å². The monoisotopic (exact) mass is 337 g/mol. The van der Waals surface area contributed by atoms with Gasteiger partial charge in [0, 0.05) is 0 Å². The summed E-state index contributed by atoms with van der Waals surface area (Å²) in [6.45, 7) is 0. The summed E-state index contributed by atoms with van der Waals surface area (Å²) in [4.78, 5) is 11.1. The van der Waals surface area contributed by atoms with Crippen molar-refractivity contribution < 1.29 is 14.3 Å². The molecule has 5 unspecified atom stereocenters. The van der Waals surface area contributed by atoms with Gasteiger partial charge in [-0.15, -0.1) is 0 Å². The van der Waals surface area contributed by atoms with Crippen LogP contribution in [0.5, 0.6) is 0 Å². The van der Waals surface area contributed by atoms with Crippen LogP contribution >= 0.6 is 0 Å². The first-order chi connectivity index (χ1) is 12.1. The predicted octanol–water partition coefficient (Wildman–Crippen LogP) is 4.82. The predicted molar refractivity (Wildman–Crippen MR) is 93.2 cm³/mol. The molecule has 3 aliphatic rings. The number of hydrogen-bond acceptors (Lipinski definition) is 2. The van der Waals surface area contributed by atoms with Crippen LogP contribution in [-0.4, -0.2) is 11.1 Å². The lowest BCUT2D eigenvalue weighted by Crippen LogP contribution is -2.35. The largest absolute Gasteiger partial charge is 0.478 e. The fourth-order valence-corrected chi connectivity index (χ4v) is 5.64. The molecule has 1 aliphatic heterocycles. The van der Waals surface area contributed by atoms with E-state index >= 15 is 0 Å². The van der Waals surface area contributed by atoms with Crippen molar-refractivity contribution in [3.05, 3.63) is 65.0 Å². The normalized spacial score (nSPS) is 32.0. The molecular formula is C21H20FNO2. The van der Waals surface area contributed by atoms with E-state index < -0.39 is 5.97 Å². The second kappa shape index (κ2) is 5.32. The maximum atomic E-state index is 14.5. The summed E-state index contributed by atoms with van der Waals surface area (Å²) in [5, 5.41) is 12.6. The van der Waals surface area contributed by atoms with Crippen molar-refractivity contribution in [1.82, 2.24) is 0 Å². The van der Waals surface area contributed by atoms with Crippen molar-refractivity contribution >= 4 is 11.7 Å². The molecule has 0 aromatic heterocycles. The van der Waals surface area contributed by atoms with Gasteiger partial charge in [-0.1, -0.05) is 24.3 Å². The summed E-state index contributed by atoms with van der Waals surface area (Å²) in [7, 11) is 0. The molecule has 0 spiro atoms. The fraction of sp³-hybridized carbons (Fsp3) is 0.381. The third kappa shape index (κ3) is 2.13. The van der Waals surface area contributed by atoms with Crippen molar-refractivity contribution in [2.24, 2.45) is 17.8 Å². The lowest BCUT2D eigenvalue weighted by Gasteiger charge is -2.43. The summed E-state index contributed by atoms with van der Waals surface area (Å²) in [5.74, 6) is 1.09. The van der Waals surface area contributed by atoms with E-state index in [-0.39, 0.29) is 17.4 Å². The average Bonchev–Trinajstić information content (AvgIpc) is 3.24. The number of fused-ring (bicyclic) bond motifs is 7. The number of aromatic carboxylic acids is 1. The van der Waals surface area contributed by atoms with Gasteiger partial charge in [-0.3, -0.25) is 0 Å². The van der Waals surface area contributed by atoms with E-state index in [4.69, 9.17) is 5.11 Å². The third-order valence-electron chi connectivity index (χ3n) is 6.59. The molecule has 2 N–H and O–H groups in total. The molecule has 2 fully saturated rings. The second-order valence-electron chi connectivity index (χ2n) is 7.69. The number of anilines is 1. The van der Waals surface area contributed by atoms with Crippen molar-refractivity contribution in [3.8, 4) is 0 Å². The zero-order valence-electron chi connectivity index (χ0n) is 13.8. The Hall–Kier alpha value is -2.36. The highest BCUT2D eigenvalue weighted by molar-refractivity contribution is 5.87. The van der Waals surface area contributed by atoms with Crippen LogP contribution < -0.4 is 5.32 Å². The summed E-state index contributed by atoms with van der Waals surface area (Å²) in [6, 6.07) is 12.5. The molecule has 0 amide bonds. The Morgan fingerprint density at radius 1 is 1.08 bits per heavy atom. The average molecular weight is 337 g/mol. The number of carbonyl (C=O) groups is 1. The van der Waals surface area contributed by atoms with Gasteiger partial charge in [-0.25, -0.2) is 9.18 Å². The van der Waals surface area contributed by atoms with E-state index in [9.17, 15) is 9.18 Å². The molecule has 5 rings (SSSR count). The number of benzene rings is 2. The van der Waals surface area contributed by atoms with E-state index in [1.165, 1.54) is 25.3 Å². The quantitative estimate of drug-likeness (QED) is 0.826. The minimum atomic E-state index is -0.919. The minimum Gasteiger partial charge on any atom is -0.478 e. The molecule has 128 valence electrons. The highest BCUT2D eigenvalue weighted by Gasteiger charge is 2.54. The van der Waals surface area contributed by atoms with Crippen LogP contribution in [0, 0.1) is 23.6 Å². The van der Waals surface area contributed by atoms with Gasteiger partial charge in [0.25, 0.3) is 0 Å². The Balaban J connectivity index is 1.60. The Morgan fingerprint density at radius 2 is 1.84 bits per heavy atom. The van der Waals surface area contributed by atoms with E-state index in [0.717, 1.165) is 11.1 Å². The van der Waals surface area contributed by atoms with Crippen LogP contribution in [0.25, 0.3) is 0 Å². The molecule has 1 heterocycles. The van der Waals surface area contributed by atoms with Crippen LogP contribution in [0.4, 0.5) is 10.1 Å². The van der Waals surface area contributed by atoms with Crippen LogP contribution in [0.2, 0.25) is 0 Å². The first-order valence-corrected chi connectivity index (χ1v) is 9.01. The number of carboxylic acid groups (broad SMARTS) is 1. The summed E-state index contributed by atoms with van der Waals surface area (Å²) in [5.41, 5.74) is 3.12. The van der Waals surface area contributed by atoms with Gasteiger partial charge in [0.05, 0.1) is 17.3 Å². The Labute approximate surface area is 145 Å². The Bertz CT molecular complexity index is 847. The first-order valence-electron chi connectivity index (χ1n) is 9.01. The molecule has 5 atom stereocenters. The van der Waals surface area contributed by atoms with Crippen molar-refractivity contribution in [2.45, 2.75) is 31.2 Å². The van der Waals surface area contributed by atoms with Gasteiger partial charge >= 0.3 is 5.97 Å². The molecule has 0 radical (unpaired) electrons. The zero-order chi connectivity index (χ0) is 17.1. The smallest absolute Gasteiger partial charge is 0.335 e. The van der Waals surface area contributed by atoms with Gasteiger partial charge in [0.15, 0.2) is 0 Å². The van der Waals surface area contributed by atoms with Gasteiger partial charge in [0.1, 0.15) is 5.82 Å². The SMILES string of the molecule is O=C(O)c1ccc(C2Nc3c(F)cccc3C3C4CCC(C4)C23)cc1. The number of nitrogens with one attached hydrogen (secondary N) is 1. The maximum Gasteiger partial charge on any atom is 0.335 e. The molecule has 2 aromatic carbocycles. The Kier molecular flexibility index (Phi) is 3.18. The second-order valence-corrected chi connectivity index (χ2v) is 7.69. The van der Waals surface area contributed by atoms with Gasteiger partial charge in [0.2, 0.25) is 0 Å². The third-order valence-corrected chi connectivity index (χ3v) is 6.59. The standard InChI is InChI=1S/C21H20FNO2/c22-16-3-1-2-15-17-13-8-9-14(10-13)18(17)19(23-20(15)16)11-4-6-12(7-5-11)21(24)25/h1-7,13-14,17-19,23H,8-10H2,(H,24,25). The molecule has 2 bridgehead atoms. The number of halogens is 1. The first kappa shape index (κ1) is 14.9. The number of para-hydroxylation sites is 1. The van der Waals surface area contributed by atoms with Crippen LogP contribution in [0.15, 0.2) is 42.5 Å². The molecule has 2 aromatic rings. The van der Waals surface area contributed by atoms with Crippen LogP contribution in [0.3, 0.4) is 0 Å². The summed E-state index contributed by atoms with van der Waals surface area (Å²) < 4.78 is 14.5. The van der Waals surface area contributed by atoms with Gasteiger partial charge < -0.3 is 10.4 Å². The highest BCUT2D eigenvalue weighted by atomic mass is 19.1. The number of carboxylic acids is 1. The number of rotatable bonds is 2. The van der Waals surface area contributed by atoms with E-state index in [2.05, 4.69) is 11.4 Å². The van der Waals surface area contributed by atoms with Crippen molar-refractivity contribution in [1.29, 1.82) is 0 Å². The van der Waals surface area contributed by atoms with E-state index in [1.54, 1.807) is 12.1 Å². The molecule has 2 aliphatic carbocycles. The summed E-state index contributed by atoms with van der Waals surface area (Å²) >= 11 is 0. The number of hydrogen-bond donors (Lipinski definition) is 2. The Morgan fingerprint density at radius 3 is 2.60 bits per heavy atom. The molecule has 3 nitrogen and oxygen atoms in total. The van der Waals surface area contributed by atoms with Gasteiger partial charge in [-0.05, 0) is 72.3 Å². The van der Waals surface area contributed by atoms with Crippen molar-refractivity contribution in [2.75, 3.05) is 5.32 Å². The lowest BCUT2D eigenvalue weighted by atomic mass is 9.68. The molecule has 2 saturated carbocycles. The van der Waals surface area contributed by atoms with Crippen molar-refractivity contribution in [3.63, 3.8) is 0 Å². The summed E-state index contributed by atoms with van der Waals surface area (Å²) in [6.07, 6.45) is 3.73. The minimum absolute atomic E-state index is 0.0487. The zero-order valence-corrected chi connectivity index (χ0v) is 13.8. The van der Waals surface area contributed by atoms with E-state index in [0.29, 0.717) is 29.4 Å². The molecule has 4 heteroatoms. The fourth-order valence-electron chi connectivity index (χ4n) is 5.64. The maximum absolute atomic E-state index is 14.5. The lowest BCUT2D eigenvalue weighted by molar-refractivity contribution is 0.0697. The molecular weight excluding hydrogens is 317 g/mol. The van der Waals surface area contributed by atoms with Gasteiger partial charge in [-0.2, -0.15) is 0 Å². The molecule has 25 heavy (non-hydrogen) atoms. The molecule has 0 saturated heterocycles.